The molecule has 16 heteroatoms. The molecule has 4 unspecified atom stereocenters. The number of rotatable bonds is 16. The Labute approximate surface area is 288 Å². The lowest BCUT2D eigenvalue weighted by molar-refractivity contribution is -0.184. The second-order valence-corrected chi connectivity index (χ2v) is 10.9. The van der Waals surface area contributed by atoms with E-state index in [0.29, 0.717) is 11.4 Å². The highest BCUT2D eigenvalue weighted by molar-refractivity contribution is 5.90. The van der Waals surface area contributed by atoms with E-state index in [1.54, 1.807) is 42.7 Å². The molecule has 3 rings (SSSR count). The summed E-state index contributed by atoms with van der Waals surface area (Å²) in [6.45, 7) is 5.93. The molecule has 0 fully saturated rings. The Kier molecular flexibility index (Phi) is 14.3. The molecule has 0 aliphatic rings. The second-order valence-electron chi connectivity index (χ2n) is 10.9. The van der Waals surface area contributed by atoms with E-state index in [9.17, 15) is 28.8 Å². The number of hydrogen-bond donors (Lipinski definition) is 2. The largest absolute Gasteiger partial charge is 0.497 e. The summed E-state index contributed by atoms with van der Waals surface area (Å²) in [5.74, 6) is -4.15. The third-order valence-corrected chi connectivity index (χ3v) is 6.92. The average molecular weight is 697 g/mol. The van der Waals surface area contributed by atoms with Gasteiger partial charge in [0.15, 0.2) is 24.4 Å². The van der Waals surface area contributed by atoms with Gasteiger partial charge in [-0.1, -0.05) is 24.3 Å². The molecule has 50 heavy (non-hydrogen) atoms. The van der Waals surface area contributed by atoms with Crippen LogP contribution in [0.4, 0.5) is 10.5 Å². The van der Waals surface area contributed by atoms with Gasteiger partial charge in [0.1, 0.15) is 12.4 Å². The van der Waals surface area contributed by atoms with Crippen LogP contribution in [0.25, 0.3) is 11.1 Å². The molecule has 0 saturated heterocycles. The number of methoxy groups -OCH3 is 1. The van der Waals surface area contributed by atoms with E-state index in [4.69, 9.17) is 28.4 Å². The molecule has 4 atom stereocenters. The van der Waals surface area contributed by atoms with Gasteiger partial charge in [-0.15, -0.1) is 0 Å². The standard InChI is InChI=1S/C34H40N4O12/c1-20(48-32(42)22(3)50-33(43)23(4)49-31(41)21(2)47-24(5)39)30(40)46-15-14-38(19-25-8-7-9-29(16-25)45-6)34(44)37-28-12-10-26(11-13-28)27-17-35-36-18-27/h7-13,16-18,20-23H,14-15,19H2,1-6H3,(H,35,36)(H,37,44). The Morgan fingerprint density at radius 1 is 0.780 bits per heavy atom. The van der Waals surface area contributed by atoms with E-state index < -0.39 is 60.3 Å². The summed E-state index contributed by atoms with van der Waals surface area (Å²) in [5.41, 5.74) is 3.09. The maximum absolute atomic E-state index is 13.4. The third kappa shape index (κ3) is 11.9. The Balaban J connectivity index is 1.53. The maximum atomic E-state index is 13.4. The molecule has 2 amide bonds. The molecule has 3 aromatic rings. The maximum Gasteiger partial charge on any atom is 0.347 e. The number of anilines is 1. The molecule has 268 valence electrons. The Morgan fingerprint density at radius 2 is 1.36 bits per heavy atom. The summed E-state index contributed by atoms with van der Waals surface area (Å²) in [4.78, 5) is 75.2. The Bertz CT molecular complexity index is 1630. The van der Waals surface area contributed by atoms with Gasteiger partial charge in [-0.25, -0.2) is 24.0 Å². The monoisotopic (exact) mass is 696 g/mol. The lowest BCUT2D eigenvalue weighted by Crippen LogP contribution is -2.39. The zero-order valence-electron chi connectivity index (χ0n) is 28.5. The summed E-state index contributed by atoms with van der Waals surface area (Å²) in [6.07, 6.45) is -2.12. The zero-order chi connectivity index (χ0) is 36.8. The highest BCUT2D eigenvalue weighted by Crippen LogP contribution is 2.21. The molecule has 0 spiro atoms. The number of amides is 2. The Hall–Kier alpha value is -5.93. The first kappa shape index (κ1) is 38.5. The lowest BCUT2D eigenvalue weighted by Gasteiger charge is -2.24. The molecule has 16 nitrogen and oxygen atoms in total. The van der Waals surface area contributed by atoms with Gasteiger partial charge in [0.2, 0.25) is 0 Å². The number of ether oxygens (including phenoxy) is 6. The summed E-state index contributed by atoms with van der Waals surface area (Å²) >= 11 is 0. The highest BCUT2D eigenvalue weighted by Gasteiger charge is 2.30. The molecule has 0 aliphatic carbocycles. The first-order valence-corrected chi connectivity index (χ1v) is 15.5. The van der Waals surface area contributed by atoms with Crippen LogP contribution in [-0.4, -0.2) is 95.7 Å². The van der Waals surface area contributed by atoms with Gasteiger partial charge in [-0.2, -0.15) is 5.10 Å². The fraction of sp³-hybridized carbons (Fsp3) is 0.382. The first-order valence-electron chi connectivity index (χ1n) is 15.5. The topological polar surface area (TPSA) is 202 Å². The average Bonchev–Trinajstić information content (AvgIpc) is 3.63. The molecule has 0 bridgehead atoms. The number of benzene rings is 2. The SMILES string of the molecule is COc1cccc(CN(CCOC(=O)C(C)OC(=O)C(C)OC(=O)C(C)OC(=O)C(C)OC(C)=O)C(=O)Nc2ccc(-c3cn[nH]c3)cc2)c1. The van der Waals surface area contributed by atoms with Crippen molar-refractivity contribution in [1.82, 2.24) is 15.1 Å². The van der Waals surface area contributed by atoms with E-state index in [1.165, 1.54) is 39.7 Å². The molecule has 2 N–H and O–H groups in total. The molecule has 0 aliphatic heterocycles. The quantitative estimate of drug-likeness (QED) is 0.163. The van der Waals surface area contributed by atoms with E-state index >= 15 is 0 Å². The molecule has 1 heterocycles. The number of carbonyl (C=O) groups is 6. The van der Waals surface area contributed by atoms with Crippen molar-refractivity contribution in [1.29, 1.82) is 0 Å². The smallest absolute Gasteiger partial charge is 0.347 e. The van der Waals surface area contributed by atoms with Crippen molar-refractivity contribution in [2.75, 3.05) is 25.6 Å². The van der Waals surface area contributed by atoms with Crippen molar-refractivity contribution in [3.8, 4) is 16.9 Å². The van der Waals surface area contributed by atoms with E-state index in [-0.39, 0.29) is 19.7 Å². The lowest BCUT2D eigenvalue weighted by atomic mass is 10.1. The number of H-pyrrole nitrogens is 1. The van der Waals surface area contributed by atoms with Crippen molar-refractivity contribution in [3.05, 3.63) is 66.5 Å². The number of nitrogens with one attached hydrogen (secondary N) is 2. The van der Waals surface area contributed by atoms with Crippen LogP contribution in [0, 0.1) is 0 Å². The van der Waals surface area contributed by atoms with Crippen molar-refractivity contribution >= 4 is 41.6 Å². The van der Waals surface area contributed by atoms with Gasteiger partial charge in [0, 0.05) is 30.9 Å². The van der Waals surface area contributed by atoms with Crippen LogP contribution < -0.4 is 10.1 Å². The second kappa shape index (κ2) is 18.6. The number of esters is 5. The molecular weight excluding hydrogens is 656 g/mol. The fourth-order valence-electron chi connectivity index (χ4n) is 4.23. The third-order valence-electron chi connectivity index (χ3n) is 6.92. The number of urea groups is 1. The fourth-order valence-corrected chi connectivity index (χ4v) is 4.23. The minimum atomic E-state index is -1.47. The molecule has 0 radical (unpaired) electrons. The van der Waals surface area contributed by atoms with Crippen LogP contribution >= 0.6 is 0 Å². The molecule has 1 aromatic heterocycles. The zero-order valence-corrected chi connectivity index (χ0v) is 28.5. The minimum Gasteiger partial charge on any atom is -0.497 e. The Morgan fingerprint density at radius 3 is 1.90 bits per heavy atom. The van der Waals surface area contributed by atoms with E-state index in [0.717, 1.165) is 23.6 Å². The van der Waals surface area contributed by atoms with E-state index in [2.05, 4.69) is 15.5 Å². The van der Waals surface area contributed by atoms with Crippen LogP contribution in [-0.2, 0) is 54.2 Å². The van der Waals surface area contributed by atoms with Crippen molar-refractivity contribution < 1.29 is 57.2 Å². The molecular formula is C34H40N4O12. The van der Waals surface area contributed by atoms with Crippen molar-refractivity contribution in [2.45, 2.75) is 65.6 Å². The number of aromatic nitrogens is 2. The van der Waals surface area contributed by atoms with Gasteiger partial charge in [0.05, 0.1) is 19.9 Å². The predicted molar refractivity (Wildman–Crippen MR) is 175 cm³/mol. The highest BCUT2D eigenvalue weighted by atomic mass is 16.6. The summed E-state index contributed by atoms with van der Waals surface area (Å²) in [5, 5.41) is 9.54. The molecule has 2 aromatic carbocycles. The van der Waals surface area contributed by atoms with Crippen LogP contribution in [0.15, 0.2) is 60.9 Å². The predicted octanol–water partition coefficient (Wildman–Crippen LogP) is 3.41. The van der Waals surface area contributed by atoms with Crippen LogP contribution in [0.3, 0.4) is 0 Å². The van der Waals surface area contributed by atoms with Crippen LogP contribution in [0.5, 0.6) is 5.75 Å². The van der Waals surface area contributed by atoms with Gasteiger partial charge >= 0.3 is 35.9 Å². The number of carbonyl (C=O) groups excluding carboxylic acids is 6. The van der Waals surface area contributed by atoms with Gasteiger partial charge < -0.3 is 38.6 Å². The van der Waals surface area contributed by atoms with Crippen LogP contribution in [0.1, 0.15) is 40.2 Å². The number of hydrogen-bond acceptors (Lipinski definition) is 13. The van der Waals surface area contributed by atoms with Gasteiger partial charge in [0.25, 0.3) is 0 Å². The summed E-state index contributed by atoms with van der Waals surface area (Å²) < 4.78 is 30.3. The normalized spacial score (nSPS) is 13.0. The first-order chi connectivity index (χ1) is 23.8. The molecule has 0 saturated carbocycles. The number of nitrogens with zero attached hydrogens (tertiary/aromatic N) is 2. The summed E-state index contributed by atoms with van der Waals surface area (Å²) in [6, 6.07) is 13.9. The minimum absolute atomic E-state index is 0.0246. The van der Waals surface area contributed by atoms with Gasteiger partial charge in [-0.05, 0) is 63.1 Å². The van der Waals surface area contributed by atoms with Crippen molar-refractivity contribution in [2.24, 2.45) is 0 Å². The van der Waals surface area contributed by atoms with Crippen molar-refractivity contribution in [3.63, 3.8) is 0 Å². The number of aromatic amines is 1. The van der Waals surface area contributed by atoms with E-state index in [1.807, 2.05) is 18.2 Å². The van der Waals surface area contributed by atoms with Crippen LogP contribution in [0.2, 0.25) is 0 Å². The summed E-state index contributed by atoms with van der Waals surface area (Å²) in [7, 11) is 1.53. The van der Waals surface area contributed by atoms with Gasteiger partial charge in [-0.3, -0.25) is 9.89 Å².